The molecule has 84 valence electrons. The molecule has 0 aliphatic heterocycles. The Balaban J connectivity index is 1.99. The fraction of sp³-hybridized carbons (Fsp3) is 0.0769. The van der Waals surface area contributed by atoms with Crippen molar-refractivity contribution in [2.75, 3.05) is 0 Å². The number of aryl methyl sites for hydroxylation is 1. The van der Waals surface area contributed by atoms with Gasteiger partial charge in [-0.05, 0) is 5.56 Å². The molecule has 0 fully saturated rings. The van der Waals surface area contributed by atoms with Crippen LogP contribution in [0.25, 0.3) is 16.9 Å². The molecule has 0 bridgehead atoms. The molecule has 0 amide bonds. The van der Waals surface area contributed by atoms with Gasteiger partial charge >= 0.3 is 0 Å². The van der Waals surface area contributed by atoms with Crippen molar-refractivity contribution in [3.05, 3.63) is 55.0 Å². The Kier molecular flexibility index (Phi) is 2.26. The molecular weight excluding hydrogens is 212 g/mol. The highest BCUT2D eigenvalue weighted by atomic mass is 15.4. The smallest absolute Gasteiger partial charge is 0.174 e. The summed E-state index contributed by atoms with van der Waals surface area (Å²) in [5.74, 6) is 0.828. The van der Waals surface area contributed by atoms with Crippen LogP contribution in [-0.2, 0) is 7.05 Å². The third kappa shape index (κ3) is 1.85. The minimum Gasteiger partial charge on any atom is -0.274 e. The highest BCUT2D eigenvalue weighted by molar-refractivity contribution is 5.61. The van der Waals surface area contributed by atoms with E-state index in [1.54, 1.807) is 9.36 Å². The average molecular weight is 224 g/mol. The molecule has 0 N–H and O–H groups in total. The lowest BCUT2D eigenvalue weighted by molar-refractivity contribution is 0.731. The molecule has 4 nitrogen and oxygen atoms in total. The highest BCUT2D eigenvalue weighted by Gasteiger charge is 2.04. The van der Waals surface area contributed by atoms with Crippen LogP contribution < -0.4 is 0 Å². The Morgan fingerprint density at radius 3 is 2.53 bits per heavy atom. The maximum atomic E-state index is 4.32. The molecule has 1 aromatic carbocycles. The molecule has 17 heavy (non-hydrogen) atoms. The molecule has 4 heteroatoms. The first-order chi connectivity index (χ1) is 8.33. The van der Waals surface area contributed by atoms with Gasteiger partial charge in [0.15, 0.2) is 5.82 Å². The molecule has 0 aliphatic rings. The zero-order valence-corrected chi connectivity index (χ0v) is 9.49. The van der Waals surface area contributed by atoms with Gasteiger partial charge in [-0.3, -0.25) is 4.68 Å². The summed E-state index contributed by atoms with van der Waals surface area (Å²) >= 11 is 0. The second-order valence-corrected chi connectivity index (χ2v) is 3.89. The number of nitrogens with zero attached hydrogens (tertiary/aromatic N) is 4. The normalized spacial score (nSPS) is 10.6. The maximum Gasteiger partial charge on any atom is 0.174 e. The third-order valence-electron chi connectivity index (χ3n) is 2.62. The third-order valence-corrected chi connectivity index (χ3v) is 2.62. The van der Waals surface area contributed by atoms with Crippen molar-refractivity contribution in [3.8, 4) is 16.9 Å². The minimum atomic E-state index is 0.828. The van der Waals surface area contributed by atoms with E-state index in [9.17, 15) is 0 Å². The molecule has 0 unspecified atom stereocenters. The van der Waals surface area contributed by atoms with Crippen LogP contribution >= 0.6 is 0 Å². The van der Waals surface area contributed by atoms with E-state index in [2.05, 4.69) is 22.3 Å². The first-order valence-corrected chi connectivity index (χ1v) is 5.43. The van der Waals surface area contributed by atoms with Crippen molar-refractivity contribution in [2.24, 2.45) is 7.05 Å². The van der Waals surface area contributed by atoms with Crippen LogP contribution in [0.15, 0.2) is 55.0 Å². The monoisotopic (exact) mass is 224 g/mol. The zero-order chi connectivity index (χ0) is 11.7. The lowest BCUT2D eigenvalue weighted by Gasteiger charge is -1.95. The van der Waals surface area contributed by atoms with E-state index in [-0.39, 0.29) is 0 Å². The van der Waals surface area contributed by atoms with Gasteiger partial charge in [0.05, 0.1) is 6.20 Å². The topological polar surface area (TPSA) is 35.6 Å². The van der Waals surface area contributed by atoms with Crippen LogP contribution in [0.3, 0.4) is 0 Å². The summed E-state index contributed by atoms with van der Waals surface area (Å²) in [6.45, 7) is 0. The Labute approximate surface area is 99.1 Å². The first kappa shape index (κ1) is 9.84. The van der Waals surface area contributed by atoms with Gasteiger partial charge in [-0.2, -0.15) is 10.2 Å². The number of benzene rings is 1. The van der Waals surface area contributed by atoms with Gasteiger partial charge in [-0.15, -0.1) is 0 Å². The lowest BCUT2D eigenvalue weighted by atomic mass is 10.1. The van der Waals surface area contributed by atoms with Gasteiger partial charge in [0.1, 0.15) is 0 Å². The van der Waals surface area contributed by atoms with Crippen LogP contribution in [0.2, 0.25) is 0 Å². The Bertz CT molecular complexity index is 622. The van der Waals surface area contributed by atoms with Crippen molar-refractivity contribution >= 4 is 0 Å². The molecule has 0 spiro atoms. The summed E-state index contributed by atoms with van der Waals surface area (Å²) in [4.78, 5) is 0. The van der Waals surface area contributed by atoms with E-state index in [4.69, 9.17) is 0 Å². The summed E-state index contributed by atoms with van der Waals surface area (Å²) in [6, 6.07) is 12.1. The standard InChI is InChI=1S/C13H12N4/c1-16-8-7-13(15-16)17-10-12(9-14-17)11-5-3-2-4-6-11/h2-10H,1H3. The molecule has 0 saturated carbocycles. The molecule has 3 aromatic rings. The molecule has 3 rings (SSSR count). The summed E-state index contributed by atoms with van der Waals surface area (Å²) in [6.07, 6.45) is 5.74. The quantitative estimate of drug-likeness (QED) is 0.669. The molecule has 0 aliphatic carbocycles. The summed E-state index contributed by atoms with van der Waals surface area (Å²) < 4.78 is 3.54. The van der Waals surface area contributed by atoms with Crippen molar-refractivity contribution in [1.29, 1.82) is 0 Å². The summed E-state index contributed by atoms with van der Waals surface area (Å²) in [5.41, 5.74) is 2.26. The average Bonchev–Trinajstić information content (AvgIpc) is 2.98. The number of hydrogen-bond donors (Lipinski definition) is 0. The molecule has 0 atom stereocenters. The van der Waals surface area contributed by atoms with Crippen molar-refractivity contribution in [1.82, 2.24) is 19.6 Å². The van der Waals surface area contributed by atoms with Crippen molar-refractivity contribution in [2.45, 2.75) is 0 Å². The maximum absolute atomic E-state index is 4.32. The van der Waals surface area contributed by atoms with Gasteiger partial charge in [0.25, 0.3) is 0 Å². The van der Waals surface area contributed by atoms with E-state index in [1.807, 2.05) is 49.9 Å². The van der Waals surface area contributed by atoms with Gasteiger partial charge in [0.2, 0.25) is 0 Å². The largest absolute Gasteiger partial charge is 0.274 e. The second-order valence-electron chi connectivity index (χ2n) is 3.89. The Hall–Kier alpha value is -2.36. The fourth-order valence-electron chi connectivity index (χ4n) is 1.75. The van der Waals surface area contributed by atoms with Crippen LogP contribution in [0, 0.1) is 0 Å². The minimum absolute atomic E-state index is 0.828. The zero-order valence-electron chi connectivity index (χ0n) is 9.49. The number of hydrogen-bond acceptors (Lipinski definition) is 2. The first-order valence-electron chi connectivity index (χ1n) is 5.43. The second kappa shape index (κ2) is 3.90. The SMILES string of the molecule is Cn1ccc(-n2cc(-c3ccccc3)cn2)n1. The summed E-state index contributed by atoms with van der Waals surface area (Å²) in [7, 11) is 1.89. The molecule has 2 aromatic heterocycles. The van der Waals surface area contributed by atoms with Gasteiger partial charge in [0, 0.05) is 31.1 Å². The van der Waals surface area contributed by atoms with E-state index < -0.39 is 0 Å². The van der Waals surface area contributed by atoms with Crippen LogP contribution in [0.4, 0.5) is 0 Å². The highest BCUT2D eigenvalue weighted by Crippen LogP contribution is 2.18. The predicted octanol–water partition coefficient (Wildman–Crippen LogP) is 2.27. The molecule has 2 heterocycles. The molecule has 0 radical (unpaired) electrons. The van der Waals surface area contributed by atoms with Crippen LogP contribution in [0.1, 0.15) is 0 Å². The van der Waals surface area contributed by atoms with E-state index in [0.29, 0.717) is 0 Å². The van der Waals surface area contributed by atoms with Crippen LogP contribution in [0.5, 0.6) is 0 Å². The van der Waals surface area contributed by atoms with Gasteiger partial charge < -0.3 is 0 Å². The Morgan fingerprint density at radius 1 is 1.00 bits per heavy atom. The number of rotatable bonds is 2. The van der Waals surface area contributed by atoms with Crippen molar-refractivity contribution < 1.29 is 0 Å². The summed E-state index contributed by atoms with van der Waals surface area (Å²) in [5, 5.41) is 8.62. The molecular formula is C13H12N4. The predicted molar refractivity (Wildman–Crippen MR) is 65.8 cm³/mol. The van der Waals surface area contributed by atoms with Crippen molar-refractivity contribution in [3.63, 3.8) is 0 Å². The van der Waals surface area contributed by atoms with Crippen LogP contribution in [-0.4, -0.2) is 19.6 Å². The fourth-order valence-corrected chi connectivity index (χ4v) is 1.75. The van der Waals surface area contributed by atoms with E-state index in [1.165, 1.54) is 0 Å². The van der Waals surface area contributed by atoms with E-state index >= 15 is 0 Å². The number of aromatic nitrogens is 4. The van der Waals surface area contributed by atoms with E-state index in [0.717, 1.165) is 16.9 Å². The van der Waals surface area contributed by atoms with Gasteiger partial charge in [-0.25, -0.2) is 4.68 Å². The Morgan fingerprint density at radius 2 is 1.82 bits per heavy atom. The molecule has 0 saturated heterocycles. The van der Waals surface area contributed by atoms with Gasteiger partial charge in [-0.1, -0.05) is 30.3 Å². The lowest BCUT2D eigenvalue weighted by Crippen LogP contribution is -1.96.